The summed E-state index contributed by atoms with van der Waals surface area (Å²) in [6.45, 7) is 5.05. The molecule has 0 bridgehead atoms. The van der Waals surface area contributed by atoms with Crippen molar-refractivity contribution in [2.75, 3.05) is 13.7 Å². The number of amides is 1. The van der Waals surface area contributed by atoms with Crippen molar-refractivity contribution in [3.8, 4) is 11.5 Å². The van der Waals surface area contributed by atoms with Crippen LogP contribution in [-0.4, -0.2) is 65.9 Å². The molecule has 2 aliphatic rings. The van der Waals surface area contributed by atoms with Gasteiger partial charge in [-0.15, -0.1) is 0 Å². The molecule has 0 radical (unpaired) electrons. The van der Waals surface area contributed by atoms with Gasteiger partial charge in [0.1, 0.15) is 18.6 Å². The lowest BCUT2D eigenvalue weighted by Gasteiger charge is -2.36. The first-order valence-electron chi connectivity index (χ1n) is 14.2. The van der Waals surface area contributed by atoms with Crippen molar-refractivity contribution >= 4 is 23.8 Å². The van der Waals surface area contributed by atoms with Gasteiger partial charge in [-0.25, -0.2) is 9.78 Å². The zero-order valence-electron chi connectivity index (χ0n) is 24.3. The lowest BCUT2D eigenvalue weighted by molar-refractivity contribution is -0.180. The molecule has 1 saturated heterocycles. The van der Waals surface area contributed by atoms with Gasteiger partial charge in [0.15, 0.2) is 29.3 Å². The average molecular weight is 583 g/mol. The summed E-state index contributed by atoms with van der Waals surface area (Å²) in [5.74, 6) is -4.54. The molecule has 2 fully saturated rings. The Morgan fingerprint density at radius 2 is 1.74 bits per heavy atom. The highest BCUT2D eigenvalue weighted by atomic mass is 16.6. The van der Waals surface area contributed by atoms with E-state index in [9.17, 15) is 24.3 Å². The van der Waals surface area contributed by atoms with Gasteiger partial charge >= 0.3 is 17.9 Å². The molecular formula is C31H38N2O9. The second kappa shape index (κ2) is 13.7. The third kappa shape index (κ3) is 7.00. The van der Waals surface area contributed by atoms with Gasteiger partial charge < -0.3 is 29.4 Å². The van der Waals surface area contributed by atoms with Crippen molar-refractivity contribution in [1.29, 1.82) is 0 Å². The molecule has 42 heavy (non-hydrogen) atoms. The van der Waals surface area contributed by atoms with Crippen molar-refractivity contribution < 1.29 is 43.2 Å². The van der Waals surface area contributed by atoms with Crippen molar-refractivity contribution in [3.63, 3.8) is 0 Å². The van der Waals surface area contributed by atoms with Crippen LogP contribution >= 0.6 is 0 Å². The first-order chi connectivity index (χ1) is 20.1. The number of carbonyl (C=O) groups excluding carboxylic acids is 4. The topological polar surface area (TPSA) is 150 Å². The molecule has 11 nitrogen and oxygen atoms in total. The van der Waals surface area contributed by atoms with E-state index >= 15 is 0 Å². The Hall–Kier alpha value is -4.15. The molecule has 6 atom stereocenters. The highest BCUT2D eigenvalue weighted by Crippen LogP contribution is 2.36. The van der Waals surface area contributed by atoms with Crippen LogP contribution in [0.3, 0.4) is 0 Å². The van der Waals surface area contributed by atoms with Crippen LogP contribution in [-0.2, 0) is 35.0 Å². The van der Waals surface area contributed by atoms with Gasteiger partial charge in [-0.1, -0.05) is 50.6 Å². The van der Waals surface area contributed by atoms with E-state index in [1.54, 1.807) is 6.92 Å². The quantitative estimate of drug-likeness (QED) is 0.368. The Labute approximate surface area is 244 Å². The van der Waals surface area contributed by atoms with Crippen LogP contribution in [0, 0.1) is 23.7 Å². The maximum absolute atomic E-state index is 13.6. The summed E-state index contributed by atoms with van der Waals surface area (Å²) in [5, 5.41) is 12.7. The van der Waals surface area contributed by atoms with Gasteiger partial charge in [-0.05, 0) is 43.6 Å². The van der Waals surface area contributed by atoms with Gasteiger partial charge in [-0.2, -0.15) is 0 Å². The minimum absolute atomic E-state index is 0.0160. The molecule has 1 amide bonds. The maximum Gasteiger partial charge on any atom is 0.332 e. The summed E-state index contributed by atoms with van der Waals surface area (Å²) < 4.78 is 22.3. The minimum atomic E-state index is -1.42. The van der Waals surface area contributed by atoms with E-state index < -0.39 is 60.3 Å². The Morgan fingerprint density at radius 1 is 1.05 bits per heavy atom. The molecule has 226 valence electrons. The summed E-state index contributed by atoms with van der Waals surface area (Å²) in [6.07, 6.45) is 2.09. The van der Waals surface area contributed by atoms with Gasteiger partial charge in [0.2, 0.25) is 0 Å². The van der Waals surface area contributed by atoms with E-state index in [-0.39, 0.29) is 35.6 Å². The monoisotopic (exact) mass is 582 g/mol. The number of rotatable bonds is 7. The number of hydrogen-bond acceptors (Lipinski definition) is 10. The molecule has 2 aromatic rings. The van der Waals surface area contributed by atoms with E-state index in [4.69, 9.17) is 18.9 Å². The number of nitrogens with zero attached hydrogens (tertiary/aromatic N) is 1. The van der Waals surface area contributed by atoms with Crippen LogP contribution in [0.1, 0.15) is 56.1 Å². The normalized spacial score (nSPS) is 28.2. The van der Waals surface area contributed by atoms with Crippen LogP contribution in [0.2, 0.25) is 0 Å². The molecule has 1 aliphatic heterocycles. The number of ether oxygens (including phenoxy) is 4. The summed E-state index contributed by atoms with van der Waals surface area (Å²) in [4.78, 5) is 57.1. The fourth-order valence-electron chi connectivity index (χ4n) is 5.83. The summed E-state index contributed by atoms with van der Waals surface area (Å²) in [7, 11) is 1.32. The van der Waals surface area contributed by atoms with Gasteiger partial charge in [-0.3, -0.25) is 14.4 Å². The van der Waals surface area contributed by atoms with E-state index in [0.29, 0.717) is 0 Å². The molecule has 4 rings (SSSR count). The van der Waals surface area contributed by atoms with Crippen LogP contribution in [0.4, 0.5) is 0 Å². The standard InChI is InChI=1S/C31H38N2O9/c1-17-9-8-10-18(2)24(17)31(38)42-27-19(3)41-30(37)22(33-28(35)25-26(34)23(39-4)13-14-32-25)16-40-29(36)21(27)15-20-11-6-5-7-12-20/h5-7,11-14,17-19,21-22,24,27,34H,8-10,15-16H2,1-4H3,(H,33,35). The third-order valence-corrected chi connectivity index (χ3v) is 8.14. The second-order valence-electron chi connectivity index (χ2n) is 11.1. The number of pyridine rings is 1. The Bertz CT molecular complexity index is 1270. The number of aromatic nitrogens is 1. The molecule has 1 saturated carbocycles. The number of esters is 3. The summed E-state index contributed by atoms with van der Waals surface area (Å²) >= 11 is 0. The largest absolute Gasteiger partial charge is 0.503 e. The van der Waals surface area contributed by atoms with Crippen molar-refractivity contribution in [2.24, 2.45) is 23.7 Å². The third-order valence-electron chi connectivity index (χ3n) is 8.14. The van der Waals surface area contributed by atoms with Crippen LogP contribution in [0.5, 0.6) is 11.5 Å². The van der Waals surface area contributed by atoms with E-state index in [1.165, 1.54) is 19.4 Å². The fourth-order valence-corrected chi connectivity index (χ4v) is 5.83. The van der Waals surface area contributed by atoms with E-state index in [0.717, 1.165) is 24.8 Å². The molecule has 1 aromatic carbocycles. The molecule has 1 aromatic heterocycles. The first-order valence-corrected chi connectivity index (χ1v) is 14.2. The molecule has 6 unspecified atom stereocenters. The molecule has 0 spiro atoms. The van der Waals surface area contributed by atoms with Crippen molar-refractivity contribution in [1.82, 2.24) is 10.3 Å². The summed E-state index contributed by atoms with van der Waals surface area (Å²) in [6, 6.07) is 9.16. The zero-order valence-corrected chi connectivity index (χ0v) is 24.3. The smallest absolute Gasteiger partial charge is 0.332 e. The van der Waals surface area contributed by atoms with Crippen LogP contribution in [0.25, 0.3) is 0 Å². The highest BCUT2D eigenvalue weighted by molar-refractivity contribution is 5.98. The number of benzene rings is 1. The molecule has 2 heterocycles. The highest BCUT2D eigenvalue weighted by Gasteiger charge is 2.44. The van der Waals surface area contributed by atoms with Crippen molar-refractivity contribution in [3.05, 3.63) is 53.9 Å². The lowest BCUT2D eigenvalue weighted by atomic mass is 9.73. The van der Waals surface area contributed by atoms with Crippen molar-refractivity contribution in [2.45, 2.75) is 64.7 Å². The Kier molecular flexibility index (Phi) is 10.0. The predicted molar refractivity (Wildman–Crippen MR) is 149 cm³/mol. The fraction of sp³-hybridized carbons (Fsp3) is 0.516. The number of carbonyl (C=O) groups is 4. The van der Waals surface area contributed by atoms with E-state index in [2.05, 4.69) is 10.3 Å². The lowest BCUT2D eigenvalue weighted by Crippen LogP contribution is -2.47. The molecule has 2 N–H and O–H groups in total. The maximum atomic E-state index is 13.6. The van der Waals surface area contributed by atoms with Crippen LogP contribution in [0.15, 0.2) is 42.6 Å². The number of hydrogen-bond donors (Lipinski definition) is 2. The second-order valence-corrected chi connectivity index (χ2v) is 11.1. The zero-order chi connectivity index (χ0) is 30.4. The number of cyclic esters (lactones) is 2. The van der Waals surface area contributed by atoms with Crippen LogP contribution < -0.4 is 10.1 Å². The number of nitrogens with one attached hydrogen (secondary N) is 1. The van der Waals surface area contributed by atoms with Gasteiger partial charge in [0, 0.05) is 12.3 Å². The molecular weight excluding hydrogens is 544 g/mol. The van der Waals surface area contributed by atoms with Gasteiger partial charge in [0.05, 0.1) is 13.0 Å². The van der Waals surface area contributed by atoms with Gasteiger partial charge in [0.25, 0.3) is 5.91 Å². The minimum Gasteiger partial charge on any atom is -0.503 e. The van der Waals surface area contributed by atoms with E-state index in [1.807, 2.05) is 44.2 Å². The number of aromatic hydroxyl groups is 1. The average Bonchev–Trinajstić information content (AvgIpc) is 3.00. The number of methoxy groups -OCH3 is 1. The molecule has 1 aliphatic carbocycles. The predicted octanol–water partition coefficient (Wildman–Crippen LogP) is 3.23. The SMILES string of the molecule is COc1ccnc(C(=O)NC2COC(=O)C(Cc3ccccc3)C(OC(=O)C3C(C)CCCC3C)C(C)OC2=O)c1O. The Morgan fingerprint density at radius 3 is 2.40 bits per heavy atom. The Balaban J connectivity index is 1.60. The first kappa shape index (κ1) is 30.8. The molecule has 11 heteroatoms. The summed E-state index contributed by atoms with van der Waals surface area (Å²) in [5.41, 5.74) is 0.424.